The number of ether oxygens (including phenoxy) is 1. The highest BCUT2D eigenvalue weighted by Crippen LogP contribution is 2.38. The number of fused-ring (bicyclic) bond motifs is 1. The molecule has 1 saturated heterocycles. The monoisotopic (exact) mass is 295 g/mol. The summed E-state index contributed by atoms with van der Waals surface area (Å²) in [5.41, 5.74) is 2.64. The molecule has 0 unspecified atom stereocenters. The summed E-state index contributed by atoms with van der Waals surface area (Å²) in [6.07, 6.45) is 0. The molecule has 3 aromatic rings. The third-order valence-electron chi connectivity index (χ3n) is 3.95. The van der Waals surface area contributed by atoms with Crippen LogP contribution in [0.1, 0.15) is 0 Å². The zero-order valence-electron chi connectivity index (χ0n) is 11.8. The highest BCUT2D eigenvalue weighted by molar-refractivity contribution is 7.22. The highest BCUT2D eigenvalue weighted by Gasteiger charge is 2.15. The maximum Gasteiger partial charge on any atom is 0.0642 e. The fourth-order valence-electron chi connectivity index (χ4n) is 2.87. The van der Waals surface area contributed by atoms with Crippen molar-refractivity contribution in [3.63, 3.8) is 0 Å². The van der Waals surface area contributed by atoms with Gasteiger partial charge in [0.2, 0.25) is 0 Å². The maximum absolute atomic E-state index is 5.47. The normalized spacial score (nSPS) is 15.5. The molecule has 0 radical (unpaired) electrons. The van der Waals surface area contributed by atoms with Crippen LogP contribution in [0.25, 0.3) is 20.5 Å². The predicted octanol–water partition coefficient (Wildman–Crippen LogP) is 4.40. The molecular weight excluding hydrogens is 278 g/mol. The SMILES string of the molecule is c1ccc(-c2cc3c(N4CCOCC4)cccc3s2)cc1. The van der Waals surface area contributed by atoms with Gasteiger partial charge in [0, 0.05) is 33.7 Å². The molecule has 1 fully saturated rings. The lowest BCUT2D eigenvalue weighted by atomic mass is 10.1. The molecule has 2 aromatic carbocycles. The Kier molecular flexibility index (Phi) is 3.37. The topological polar surface area (TPSA) is 12.5 Å². The standard InChI is InChI=1S/C18H17NOS/c1-2-5-14(6-3-1)18-13-15-16(7-4-8-17(15)21-18)19-9-11-20-12-10-19/h1-8,13H,9-12H2. The second kappa shape index (κ2) is 5.51. The molecule has 106 valence electrons. The summed E-state index contributed by atoms with van der Waals surface area (Å²) in [6, 6.07) is 19.6. The largest absolute Gasteiger partial charge is 0.378 e. The van der Waals surface area contributed by atoms with Crippen molar-refractivity contribution in [3.8, 4) is 10.4 Å². The van der Waals surface area contributed by atoms with E-state index in [-0.39, 0.29) is 0 Å². The second-order valence-electron chi connectivity index (χ2n) is 5.27. The van der Waals surface area contributed by atoms with Gasteiger partial charge in [-0.05, 0) is 23.8 Å². The Bertz CT molecular complexity index is 744. The minimum atomic E-state index is 0.825. The Morgan fingerprint density at radius 1 is 0.905 bits per heavy atom. The quantitative estimate of drug-likeness (QED) is 0.694. The first kappa shape index (κ1) is 12.9. The van der Waals surface area contributed by atoms with E-state index in [0.29, 0.717) is 0 Å². The number of nitrogens with zero attached hydrogens (tertiary/aromatic N) is 1. The maximum atomic E-state index is 5.47. The molecule has 0 amide bonds. The molecule has 2 heterocycles. The number of anilines is 1. The third kappa shape index (κ3) is 2.43. The number of thiophene rings is 1. The van der Waals surface area contributed by atoms with Gasteiger partial charge in [-0.3, -0.25) is 0 Å². The van der Waals surface area contributed by atoms with E-state index in [1.54, 1.807) is 0 Å². The fourth-order valence-corrected chi connectivity index (χ4v) is 3.96. The molecule has 0 atom stereocenters. The molecule has 1 aliphatic heterocycles. The summed E-state index contributed by atoms with van der Waals surface area (Å²) < 4.78 is 6.83. The molecule has 21 heavy (non-hydrogen) atoms. The molecule has 0 N–H and O–H groups in total. The van der Waals surface area contributed by atoms with Gasteiger partial charge in [0.15, 0.2) is 0 Å². The van der Waals surface area contributed by atoms with E-state index < -0.39 is 0 Å². The first-order chi connectivity index (χ1) is 10.4. The molecule has 2 nitrogen and oxygen atoms in total. The number of rotatable bonds is 2. The molecule has 4 rings (SSSR count). The van der Waals surface area contributed by atoms with Crippen molar-refractivity contribution >= 4 is 27.1 Å². The van der Waals surface area contributed by atoms with Gasteiger partial charge in [-0.25, -0.2) is 0 Å². The fraction of sp³-hybridized carbons (Fsp3) is 0.222. The van der Waals surface area contributed by atoms with Gasteiger partial charge in [-0.15, -0.1) is 11.3 Å². The lowest BCUT2D eigenvalue weighted by Gasteiger charge is -2.29. The Labute approximate surface area is 128 Å². The minimum absolute atomic E-state index is 0.825. The van der Waals surface area contributed by atoms with Crippen molar-refractivity contribution in [1.29, 1.82) is 0 Å². The van der Waals surface area contributed by atoms with Crippen LogP contribution in [0.15, 0.2) is 54.6 Å². The summed E-state index contributed by atoms with van der Waals surface area (Å²) >= 11 is 1.87. The van der Waals surface area contributed by atoms with E-state index in [1.807, 2.05) is 11.3 Å². The summed E-state index contributed by atoms with van der Waals surface area (Å²) in [5.74, 6) is 0. The van der Waals surface area contributed by atoms with Gasteiger partial charge < -0.3 is 9.64 Å². The molecule has 0 spiro atoms. The van der Waals surface area contributed by atoms with Gasteiger partial charge in [-0.1, -0.05) is 36.4 Å². The molecular formula is C18H17NOS. The predicted molar refractivity (Wildman–Crippen MR) is 90.3 cm³/mol. The Morgan fingerprint density at radius 3 is 2.52 bits per heavy atom. The lowest BCUT2D eigenvalue weighted by molar-refractivity contribution is 0.123. The van der Waals surface area contributed by atoms with Gasteiger partial charge in [-0.2, -0.15) is 0 Å². The van der Waals surface area contributed by atoms with Crippen molar-refractivity contribution in [2.75, 3.05) is 31.2 Å². The van der Waals surface area contributed by atoms with Crippen LogP contribution in [-0.4, -0.2) is 26.3 Å². The van der Waals surface area contributed by atoms with E-state index in [9.17, 15) is 0 Å². The van der Waals surface area contributed by atoms with Crippen LogP contribution >= 0.6 is 11.3 Å². The summed E-state index contributed by atoms with van der Waals surface area (Å²) in [4.78, 5) is 3.78. The van der Waals surface area contributed by atoms with Crippen LogP contribution in [0.3, 0.4) is 0 Å². The van der Waals surface area contributed by atoms with E-state index in [4.69, 9.17) is 4.74 Å². The van der Waals surface area contributed by atoms with Crippen LogP contribution in [-0.2, 0) is 4.74 Å². The molecule has 3 heteroatoms. The van der Waals surface area contributed by atoms with Gasteiger partial charge in [0.1, 0.15) is 0 Å². The molecule has 1 aliphatic rings. The van der Waals surface area contributed by atoms with E-state index in [1.165, 1.54) is 26.2 Å². The van der Waals surface area contributed by atoms with Gasteiger partial charge in [0.25, 0.3) is 0 Å². The molecule has 1 aromatic heterocycles. The van der Waals surface area contributed by atoms with E-state index in [2.05, 4.69) is 59.5 Å². The Balaban J connectivity index is 1.80. The third-order valence-corrected chi connectivity index (χ3v) is 5.10. The van der Waals surface area contributed by atoms with Crippen molar-refractivity contribution in [2.45, 2.75) is 0 Å². The lowest BCUT2D eigenvalue weighted by Crippen LogP contribution is -2.36. The number of morpholine rings is 1. The summed E-state index contributed by atoms with van der Waals surface area (Å²) in [5, 5.41) is 1.36. The number of hydrogen-bond acceptors (Lipinski definition) is 3. The molecule has 0 bridgehead atoms. The van der Waals surface area contributed by atoms with E-state index >= 15 is 0 Å². The van der Waals surface area contributed by atoms with Gasteiger partial charge in [0.05, 0.1) is 13.2 Å². The smallest absolute Gasteiger partial charge is 0.0642 e. The zero-order chi connectivity index (χ0) is 14.1. The van der Waals surface area contributed by atoms with Crippen LogP contribution < -0.4 is 4.90 Å². The second-order valence-corrected chi connectivity index (χ2v) is 6.35. The molecule has 0 saturated carbocycles. The van der Waals surface area contributed by atoms with Crippen molar-refractivity contribution in [2.24, 2.45) is 0 Å². The number of benzene rings is 2. The Hall–Kier alpha value is -1.84. The number of hydrogen-bond donors (Lipinski definition) is 0. The van der Waals surface area contributed by atoms with Crippen LogP contribution in [0, 0.1) is 0 Å². The van der Waals surface area contributed by atoms with Crippen molar-refractivity contribution < 1.29 is 4.74 Å². The highest BCUT2D eigenvalue weighted by atomic mass is 32.1. The summed E-state index contributed by atoms with van der Waals surface area (Å²) in [7, 11) is 0. The van der Waals surface area contributed by atoms with Crippen LogP contribution in [0.2, 0.25) is 0 Å². The first-order valence-electron chi connectivity index (χ1n) is 7.32. The average Bonchev–Trinajstić information content (AvgIpc) is 3.00. The zero-order valence-corrected chi connectivity index (χ0v) is 12.6. The summed E-state index contributed by atoms with van der Waals surface area (Å²) in [6.45, 7) is 3.61. The van der Waals surface area contributed by atoms with Crippen molar-refractivity contribution in [1.82, 2.24) is 0 Å². The van der Waals surface area contributed by atoms with Gasteiger partial charge >= 0.3 is 0 Å². The van der Waals surface area contributed by atoms with E-state index in [0.717, 1.165) is 26.3 Å². The molecule has 0 aliphatic carbocycles. The van der Waals surface area contributed by atoms with Crippen LogP contribution in [0.4, 0.5) is 5.69 Å². The van der Waals surface area contributed by atoms with Crippen molar-refractivity contribution in [3.05, 3.63) is 54.6 Å². The Morgan fingerprint density at radius 2 is 1.71 bits per heavy atom. The average molecular weight is 295 g/mol. The van der Waals surface area contributed by atoms with Crippen LogP contribution in [0.5, 0.6) is 0 Å². The first-order valence-corrected chi connectivity index (χ1v) is 8.14. The minimum Gasteiger partial charge on any atom is -0.378 e.